The minimum atomic E-state index is -4.40. The molecule has 0 aliphatic carbocycles. The van der Waals surface area contributed by atoms with Gasteiger partial charge in [0.15, 0.2) is 0 Å². The van der Waals surface area contributed by atoms with Gasteiger partial charge in [0.2, 0.25) is 0 Å². The number of alkyl halides is 3. The van der Waals surface area contributed by atoms with Gasteiger partial charge in [-0.3, -0.25) is 0 Å². The van der Waals surface area contributed by atoms with Crippen molar-refractivity contribution in [2.75, 3.05) is 13.2 Å². The van der Waals surface area contributed by atoms with E-state index >= 15 is 0 Å². The molecule has 0 aromatic heterocycles. The average molecular weight is 340 g/mol. The monoisotopic (exact) mass is 340 g/mol. The van der Waals surface area contributed by atoms with Crippen LogP contribution in [0.4, 0.5) is 13.2 Å². The fourth-order valence-electron chi connectivity index (χ4n) is 1.85. The molecule has 0 bridgehead atoms. The highest BCUT2D eigenvalue weighted by atomic mass is 19.4. The first-order chi connectivity index (χ1) is 11.3. The van der Waals surface area contributed by atoms with E-state index in [4.69, 9.17) is 9.47 Å². The van der Waals surface area contributed by atoms with Crippen LogP contribution in [0.5, 0.6) is 0 Å². The first kappa shape index (κ1) is 19.5. The van der Waals surface area contributed by atoms with Crippen LogP contribution < -0.4 is 0 Å². The molecule has 0 aliphatic rings. The third-order valence-electron chi connectivity index (χ3n) is 2.92. The molecule has 1 aromatic rings. The molecule has 0 N–H and O–H groups in total. The third-order valence-corrected chi connectivity index (χ3v) is 2.92. The largest absolute Gasteiger partial charge is 0.494 e. The van der Waals surface area contributed by atoms with Crippen LogP contribution in [0.3, 0.4) is 0 Å². The second-order valence-corrected chi connectivity index (χ2v) is 4.62. The van der Waals surface area contributed by atoms with Gasteiger partial charge in [0, 0.05) is 11.6 Å². The second-order valence-electron chi connectivity index (χ2n) is 4.62. The van der Waals surface area contributed by atoms with Gasteiger partial charge in [0.25, 0.3) is 0 Å². The molecule has 0 radical (unpaired) electrons. The Labute approximate surface area is 139 Å². The Bertz CT molecular complexity index is 626. The molecule has 1 aromatic carbocycles. The summed E-state index contributed by atoms with van der Waals surface area (Å²) in [6.45, 7) is 7.83. The minimum Gasteiger partial charge on any atom is -0.494 e. The van der Waals surface area contributed by atoms with Crippen molar-refractivity contribution < 1.29 is 27.4 Å². The van der Waals surface area contributed by atoms with Crippen LogP contribution in [0, 0.1) is 0 Å². The molecular formula is C18H19F3O3. The summed E-state index contributed by atoms with van der Waals surface area (Å²) in [6.07, 6.45) is -0.206. The van der Waals surface area contributed by atoms with Gasteiger partial charge < -0.3 is 9.47 Å². The summed E-state index contributed by atoms with van der Waals surface area (Å²) in [4.78, 5) is 11.3. The maximum Gasteiger partial charge on any atom is 0.416 e. The predicted octanol–water partition coefficient (Wildman–Crippen LogP) is 4.76. The Morgan fingerprint density at radius 2 is 1.71 bits per heavy atom. The van der Waals surface area contributed by atoms with E-state index in [1.54, 1.807) is 13.8 Å². The second kappa shape index (κ2) is 8.96. The van der Waals surface area contributed by atoms with Crippen molar-refractivity contribution >= 4 is 11.5 Å². The number of hydrogen-bond acceptors (Lipinski definition) is 3. The summed E-state index contributed by atoms with van der Waals surface area (Å²) in [5.41, 5.74) is 0.232. The van der Waals surface area contributed by atoms with Crippen LogP contribution in [-0.2, 0) is 20.4 Å². The zero-order valence-corrected chi connectivity index (χ0v) is 13.5. The van der Waals surface area contributed by atoms with E-state index in [9.17, 15) is 18.0 Å². The Balaban J connectivity index is 3.10. The number of allylic oxidation sites excluding steroid dienone is 3. The van der Waals surface area contributed by atoms with Crippen molar-refractivity contribution in [3.05, 3.63) is 66.0 Å². The quantitative estimate of drug-likeness (QED) is 0.311. The average Bonchev–Trinajstić information content (AvgIpc) is 2.51. The summed E-state index contributed by atoms with van der Waals surface area (Å²) in [5, 5.41) is 0. The molecule has 0 heterocycles. The van der Waals surface area contributed by atoms with Crippen molar-refractivity contribution in [2.24, 2.45) is 0 Å². The molecule has 24 heavy (non-hydrogen) atoms. The Hall–Kier alpha value is -2.50. The highest BCUT2D eigenvalue weighted by molar-refractivity contribution is 5.84. The maximum atomic E-state index is 12.6. The fourth-order valence-corrected chi connectivity index (χ4v) is 1.85. The van der Waals surface area contributed by atoms with Gasteiger partial charge in [-0.25, -0.2) is 4.79 Å². The number of halogens is 3. The molecular weight excluding hydrogens is 321 g/mol. The Kier molecular flexibility index (Phi) is 7.30. The Morgan fingerprint density at radius 1 is 1.12 bits per heavy atom. The predicted molar refractivity (Wildman–Crippen MR) is 86.0 cm³/mol. The number of hydrogen-bond donors (Lipinski definition) is 0. The molecule has 1 rings (SSSR count). The lowest BCUT2D eigenvalue weighted by atomic mass is 10.0. The third kappa shape index (κ3) is 5.95. The van der Waals surface area contributed by atoms with Crippen LogP contribution in [-0.4, -0.2) is 19.2 Å². The lowest BCUT2D eigenvalue weighted by Gasteiger charge is -2.13. The van der Waals surface area contributed by atoms with E-state index in [-0.39, 0.29) is 6.61 Å². The van der Waals surface area contributed by atoms with E-state index in [1.807, 2.05) is 0 Å². The summed E-state index contributed by atoms with van der Waals surface area (Å²) >= 11 is 0. The molecule has 0 atom stereocenters. The summed E-state index contributed by atoms with van der Waals surface area (Å²) in [7, 11) is 0. The zero-order valence-electron chi connectivity index (χ0n) is 13.5. The minimum absolute atomic E-state index is 0.254. The fraction of sp³-hybridized carbons (Fsp3) is 0.278. The van der Waals surface area contributed by atoms with E-state index in [0.717, 1.165) is 12.1 Å². The number of esters is 1. The summed E-state index contributed by atoms with van der Waals surface area (Å²) < 4.78 is 48.0. The molecule has 0 saturated carbocycles. The molecule has 0 aliphatic heterocycles. The van der Waals surface area contributed by atoms with Crippen molar-refractivity contribution in [3.63, 3.8) is 0 Å². The van der Waals surface area contributed by atoms with Gasteiger partial charge >= 0.3 is 12.1 Å². The van der Waals surface area contributed by atoms with Gasteiger partial charge in [-0.1, -0.05) is 30.9 Å². The topological polar surface area (TPSA) is 35.5 Å². The molecule has 0 saturated heterocycles. The van der Waals surface area contributed by atoms with Gasteiger partial charge in [-0.05, 0) is 31.5 Å². The molecule has 6 heteroatoms. The molecule has 0 spiro atoms. The molecule has 130 valence electrons. The number of ether oxygens (including phenoxy) is 2. The highest BCUT2D eigenvalue weighted by Gasteiger charge is 2.30. The first-order valence-electron chi connectivity index (χ1n) is 7.34. The van der Waals surface area contributed by atoms with Crippen LogP contribution in [0.2, 0.25) is 0 Å². The van der Waals surface area contributed by atoms with Crippen LogP contribution in [0.15, 0.2) is 54.8 Å². The smallest absolute Gasteiger partial charge is 0.416 e. The molecule has 0 fully saturated rings. The van der Waals surface area contributed by atoms with Crippen molar-refractivity contribution in [1.82, 2.24) is 0 Å². The lowest BCUT2D eigenvalue weighted by Crippen LogP contribution is -2.04. The summed E-state index contributed by atoms with van der Waals surface area (Å²) in [6, 6.07) is 4.63. The van der Waals surface area contributed by atoms with Crippen LogP contribution in [0.1, 0.15) is 25.0 Å². The molecule has 0 amide bonds. The molecule has 3 nitrogen and oxygen atoms in total. The van der Waals surface area contributed by atoms with Crippen LogP contribution >= 0.6 is 0 Å². The number of carbonyl (C=O) groups is 1. The van der Waals surface area contributed by atoms with E-state index in [2.05, 4.69) is 6.58 Å². The SMILES string of the molecule is C=C(OCC)C(=CC=CC(=O)OCC)c1ccc(C(F)(F)F)cc1. The van der Waals surface area contributed by atoms with Crippen molar-refractivity contribution in [3.8, 4) is 0 Å². The van der Waals surface area contributed by atoms with Gasteiger partial charge in [-0.2, -0.15) is 13.2 Å². The maximum absolute atomic E-state index is 12.6. The normalized spacial score (nSPS) is 12.3. The van der Waals surface area contributed by atoms with Gasteiger partial charge in [-0.15, -0.1) is 0 Å². The number of rotatable bonds is 7. The highest BCUT2D eigenvalue weighted by Crippen LogP contribution is 2.31. The molecule has 0 unspecified atom stereocenters. The zero-order chi connectivity index (χ0) is 18.2. The lowest BCUT2D eigenvalue weighted by molar-refractivity contribution is -0.138. The van der Waals surface area contributed by atoms with Gasteiger partial charge in [0.1, 0.15) is 5.76 Å². The number of carbonyl (C=O) groups excluding carboxylic acids is 1. The first-order valence-corrected chi connectivity index (χ1v) is 7.34. The number of benzene rings is 1. The van der Waals surface area contributed by atoms with Gasteiger partial charge in [0.05, 0.1) is 18.8 Å². The summed E-state index contributed by atoms with van der Waals surface area (Å²) in [5.74, 6) is -0.215. The van der Waals surface area contributed by atoms with E-state index in [0.29, 0.717) is 23.5 Å². The van der Waals surface area contributed by atoms with Crippen molar-refractivity contribution in [1.29, 1.82) is 0 Å². The standard InChI is InChI=1S/C18H19F3O3/c1-4-23-13(3)16(7-6-8-17(22)24-5-2)14-9-11-15(12-10-14)18(19,20)21/h6-12H,3-5H2,1-2H3. The van der Waals surface area contributed by atoms with E-state index < -0.39 is 17.7 Å². The Morgan fingerprint density at radius 3 is 2.21 bits per heavy atom. The van der Waals surface area contributed by atoms with E-state index in [1.165, 1.54) is 30.4 Å². The van der Waals surface area contributed by atoms with Crippen LogP contribution in [0.25, 0.3) is 5.57 Å². The van der Waals surface area contributed by atoms with Crippen molar-refractivity contribution in [2.45, 2.75) is 20.0 Å².